The van der Waals surface area contributed by atoms with Crippen molar-refractivity contribution in [3.8, 4) is 5.75 Å². The molecule has 0 fully saturated rings. The van der Waals surface area contributed by atoms with Crippen molar-refractivity contribution in [2.45, 2.75) is 45.4 Å². The van der Waals surface area contributed by atoms with Gasteiger partial charge in [-0.1, -0.05) is 37.6 Å². The van der Waals surface area contributed by atoms with Crippen LogP contribution in [0.15, 0.2) is 36.4 Å². The van der Waals surface area contributed by atoms with E-state index in [1.807, 2.05) is 31.2 Å². The van der Waals surface area contributed by atoms with E-state index in [1.165, 1.54) is 0 Å². The summed E-state index contributed by atoms with van der Waals surface area (Å²) in [5.41, 5.74) is 4.59. The molecule has 1 atom stereocenters. The van der Waals surface area contributed by atoms with E-state index in [9.17, 15) is 4.79 Å². The van der Waals surface area contributed by atoms with Gasteiger partial charge in [0.1, 0.15) is 5.75 Å². The summed E-state index contributed by atoms with van der Waals surface area (Å²) in [6, 6.07) is 11.9. The molecule has 1 N–H and O–H groups in total. The summed E-state index contributed by atoms with van der Waals surface area (Å²) in [6.45, 7) is 8.38. The normalized spacial score (nSPS) is 12.1. The first-order chi connectivity index (χ1) is 12.8. The molecule has 0 aromatic heterocycles. The molecule has 0 aliphatic carbocycles. The van der Waals surface area contributed by atoms with Gasteiger partial charge in [0.2, 0.25) is 5.91 Å². The Balaban J connectivity index is 1.95. The monoisotopic (exact) mass is 405 g/mol. The van der Waals surface area contributed by atoms with E-state index in [4.69, 9.17) is 16.3 Å². The highest BCUT2D eigenvalue weighted by atomic mass is 35.5. The summed E-state index contributed by atoms with van der Waals surface area (Å²) in [5, 5.41) is 3.84. The summed E-state index contributed by atoms with van der Waals surface area (Å²) < 4.78 is 5.51. The van der Waals surface area contributed by atoms with Crippen molar-refractivity contribution in [2.75, 3.05) is 12.9 Å². The van der Waals surface area contributed by atoms with Crippen molar-refractivity contribution in [1.82, 2.24) is 5.32 Å². The molecule has 0 saturated heterocycles. The van der Waals surface area contributed by atoms with E-state index in [0.29, 0.717) is 11.7 Å². The lowest BCUT2D eigenvalue weighted by atomic mass is 9.93. The number of methoxy groups -OCH3 is 1. The van der Waals surface area contributed by atoms with Crippen LogP contribution in [0.2, 0.25) is 5.02 Å². The number of benzene rings is 2. The van der Waals surface area contributed by atoms with Crippen molar-refractivity contribution in [1.29, 1.82) is 0 Å². The second-order valence-electron chi connectivity index (χ2n) is 7.01. The Morgan fingerprint density at radius 1 is 1.15 bits per heavy atom. The van der Waals surface area contributed by atoms with E-state index in [-0.39, 0.29) is 11.9 Å². The quantitative estimate of drug-likeness (QED) is 0.594. The van der Waals surface area contributed by atoms with Crippen LogP contribution in [0.5, 0.6) is 5.75 Å². The zero-order valence-electron chi connectivity index (χ0n) is 16.6. The summed E-state index contributed by atoms with van der Waals surface area (Å²) in [4.78, 5) is 12.3. The average molecular weight is 406 g/mol. The molecule has 2 aromatic rings. The van der Waals surface area contributed by atoms with Gasteiger partial charge in [0.05, 0.1) is 18.9 Å². The maximum absolute atomic E-state index is 12.3. The van der Waals surface area contributed by atoms with Crippen LogP contribution in [0, 0.1) is 6.92 Å². The first-order valence-electron chi connectivity index (χ1n) is 9.11. The van der Waals surface area contributed by atoms with Gasteiger partial charge in [-0.3, -0.25) is 4.79 Å². The molecule has 0 saturated carbocycles. The molecule has 0 radical (unpaired) electrons. The van der Waals surface area contributed by atoms with Gasteiger partial charge in [-0.2, -0.15) is 0 Å². The largest absolute Gasteiger partial charge is 0.496 e. The lowest BCUT2D eigenvalue weighted by molar-refractivity contribution is -0.119. The molecule has 2 aromatic carbocycles. The summed E-state index contributed by atoms with van der Waals surface area (Å²) in [5.74, 6) is 2.53. The number of rotatable bonds is 8. The predicted molar refractivity (Wildman–Crippen MR) is 116 cm³/mol. The molecule has 0 unspecified atom stereocenters. The Hall–Kier alpha value is -1.65. The summed E-state index contributed by atoms with van der Waals surface area (Å²) >= 11 is 7.50. The van der Waals surface area contributed by atoms with Crippen molar-refractivity contribution in [3.05, 3.63) is 63.7 Å². The van der Waals surface area contributed by atoms with Gasteiger partial charge < -0.3 is 10.1 Å². The lowest BCUT2D eigenvalue weighted by Crippen LogP contribution is -2.28. The third-order valence-corrected chi connectivity index (χ3v) is 5.76. The molecule has 0 heterocycles. The molecular formula is C22H28ClNO2S. The Morgan fingerprint density at radius 2 is 1.81 bits per heavy atom. The molecule has 0 spiro atoms. The average Bonchev–Trinajstić information content (AvgIpc) is 2.62. The molecule has 0 aliphatic rings. The van der Waals surface area contributed by atoms with E-state index in [1.54, 1.807) is 18.9 Å². The first-order valence-corrected chi connectivity index (χ1v) is 10.6. The number of thioether (sulfide) groups is 1. The molecule has 3 nitrogen and oxygen atoms in total. The van der Waals surface area contributed by atoms with Gasteiger partial charge in [0, 0.05) is 10.8 Å². The highest BCUT2D eigenvalue weighted by molar-refractivity contribution is 7.99. The summed E-state index contributed by atoms with van der Waals surface area (Å²) in [7, 11) is 1.70. The molecular weight excluding hydrogens is 378 g/mol. The molecule has 2 rings (SSSR count). The number of amides is 1. The van der Waals surface area contributed by atoms with Crippen LogP contribution < -0.4 is 10.1 Å². The molecule has 0 aliphatic heterocycles. The number of aryl methyl sites for hydroxylation is 1. The Bertz CT molecular complexity index is 775. The smallest absolute Gasteiger partial charge is 0.230 e. The fraction of sp³-hybridized carbons (Fsp3) is 0.409. The van der Waals surface area contributed by atoms with Gasteiger partial charge >= 0.3 is 0 Å². The van der Waals surface area contributed by atoms with Crippen LogP contribution >= 0.6 is 23.4 Å². The van der Waals surface area contributed by atoms with Crippen LogP contribution in [0.1, 0.15) is 55.0 Å². The van der Waals surface area contributed by atoms with Gasteiger partial charge in [-0.25, -0.2) is 0 Å². The van der Waals surface area contributed by atoms with E-state index < -0.39 is 0 Å². The van der Waals surface area contributed by atoms with E-state index in [2.05, 4.69) is 38.2 Å². The molecule has 0 bridgehead atoms. The number of halogens is 1. The maximum Gasteiger partial charge on any atom is 0.230 e. The van der Waals surface area contributed by atoms with Crippen LogP contribution in [0.4, 0.5) is 0 Å². The third-order valence-electron chi connectivity index (χ3n) is 4.50. The number of carbonyl (C=O) groups excluding carboxylic acids is 1. The number of nitrogens with one attached hydrogen (secondary N) is 1. The highest BCUT2D eigenvalue weighted by Crippen LogP contribution is 2.32. The topological polar surface area (TPSA) is 38.3 Å². The number of ether oxygens (including phenoxy) is 1. The van der Waals surface area contributed by atoms with Gasteiger partial charge in [0.25, 0.3) is 0 Å². The molecule has 1 amide bonds. The second kappa shape index (κ2) is 10.0. The Kier molecular flexibility index (Phi) is 8.06. The van der Waals surface area contributed by atoms with E-state index >= 15 is 0 Å². The zero-order valence-corrected chi connectivity index (χ0v) is 18.2. The van der Waals surface area contributed by atoms with Crippen molar-refractivity contribution >= 4 is 29.3 Å². The minimum absolute atomic E-state index is 0.0442. The lowest BCUT2D eigenvalue weighted by Gasteiger charge is -2.21. The number of hydrogen-bond acceptors (Lipinski definition) is 3. The SMILES string of the molecule is COc1cc(C)c([C@@H](C)NC(=O)CSCc2ccc(Cl)cc2)cc1C(C)C. The van der Waals surface area contributed by atoms with Crippen molar-refractivity contribution < 1.29 is 9.53 Å². The Morgan fingerprint density at radius 3 is 2.41 bits per heavy atom. The van der Waals surface area contributed by atoms with Gasteiger partial charge in [-0.05, 0) is 66.3 Å². The molecule has 5 heteroatoms. The van der Waals surface area contributed by atoms with Crippen LogP contribution in [-0.4, -0.2) is 18.8 Å². The number of hydrogen-bond donors (Lipinski definition) is 1. The predicted octanol–water partition coefficient (Wildman–Crippen LogP) is 5.89. The minimum atomic E-state index is -0.0444. The Labute approximate surface area is 171 Å². The molecule has 146 valence electrons. The van der Waals surface area contributed by atoms with Crippen molar-refractivity contribution in [3.63, 3.8) is 0 Å². The summed E-state index contributed by atoms with van der Waals surface area (Å²) in [6.07, 6.45) is 0. The van der Waals surface area contributed by atoms with Gasteiger partial charge in [0.15, 0.2) is 0 Å². The fourth-order valence-corrected chi connectivity index (χ4v) is 3.94. The number of carbonyl (C=O) groups is 1. The van der Waals surface area contributed by atoms with Gasteiger partial charge in [-0.15, -0.1) is 11.8 Å². The second-order valence-corrected chi connectivity index (χ2v) is 8.44. The third kappa shape index (κ3) is 6.18. The molecule has 27 heavy (non-hydrogen) atoms. The fourth-order valence-electron chi connectivity index (χ4n) is 3.01. The van der Waals surface area contributed by atoms with Crippen molar-refractivity contribution in [2.24, 2.45) is 0 Å². The first kappa shape index (κ1) is 21.6. The maximum atomic E-state index is 12.3. The van der Waals surface area contributed by atoms with Crippen LogP contribution in [0.25, 0.3) is 0 Å². The highest BCUT2D eigenvalue weighted by Gasteiger charge is 2.16. The minimum Gasteiger partial charge on any atom is -0.496 e. The standard InChI is InChI=1S/C22H28ClNO2S/c1-14(2)19-11-20(15(3)10-21(19)26-5)16(4)24-22(25)13-27-12-17-6-8-18(23)9-7-17/h6-11,14,16H,12-13H2,1-5H3,(H,24,25)/t16-/m1/s1. The van der Waals surface area contributed by atoms with Crippen LogP contribution in [0.3, 0.4) is 0 Å². The van der Waals surface area contributed by atoms with E-state index in [0.717, 1.165) is 38.8 Å². The van der Waals surface area contributed by atoms with Crippen LogP contribution in [-0.2, 0) is 10.5 Å². The zero-order chi connectivity index (χ0) is 20.0.